The van der Waals surface area contributed by atoms with Crippen molar-refractivity contribution in [2.24, 2.45) is 0 Å². The number of hydrogen-bond donors (Lipinski definition) is 0. The zero-order chi connectivity index (χ0) is 29.8. The summed E-state index contributed by atoms with van der Waals surface area (Å²) in [5, 5.41) is 4.02. The monoisotopic (exact) mass is 680 g/mol. The molecule has 6 heteroatoms. The standard InChI is InChI=1S/C37H31O2P3Se/c38-40(31-19-7-1-8-20-31,32-21-9-2-10-22-32)37(41(39,33-23-11-3-12-24-33)34-25-13-4-14-26-34)42(43,35-27-15-5-16-28-35)36-29-17-6-18-30-36/h1-30,37H. The molecule has 6 aromatic carbocycles. The third-order valence-electron chi connectivity index (χ3n) is 7.81. The fraction of sp³-hybridized carbons (Fsp3) is 0.0270. The molecule has 0 aliphatic rings. The van der Waals surface area contributed by atoms with Crippen LogP contribution >= 0.6 is 19.8 Å². The first-order chi connectivity index (χ1) is 21.0. The van der Waals surface area contributed by atoms with Gasteiger partial charge in [0.15, 0.2) is 0 Å². The van der Waals surface area contributed by atoms with E-state index >= 15 is 9.13 Å². The fourth-order valence-corrected chi connectivity index (χ4v) is 28.9. The molecule has 0 aliphatic heterocycles. The molecule has 0 aliphatic carbocycles. The van der Waals surface area contributed by atoms with Crippen LogP contribution < -0.4 is 31.8 Å². The molecule has 0 heterocycles. The predicted octanol–water partition coefficient (Wildman–Crippen LogP) is 7.05. The summed E-state index contributed by atoms with van der Waals surface area (Å²) < 4.78 is 33.5. The molecule has 0 saturated carbocycles. The van der Waals surface area contributed by atoms with Crippen LogP contribution in [0.1, 0.15) is 0 Å². The van der Waals surface area contributed by atoms with Crippen LogP contribution in [0.15, 0.2) is 182 Å². The van der Waals surface area contributed by atoms with E-state index in [4.69, 9.17) is 0 Å². The summed E-state index contributed by atoms with van der Waals surface area (Å²) in [5.41, 5.74) is -2.84. The number of hydrogen-bond acceptors (Lipinski definition) is 2. The van der Waals surface area contributed by atoms with E-state index in [1.165, 1.54) is 0 Å². The van der Waals surface area contributed by atoms with Crippen molar-refractivity contribution < 1.29 is 9.13 Å². The zero-order valence-corrected chi connectivity index (χ0v) is 27.9. The van der Waals surface area contributed by atoms with Crippen molar-refractivity contribution in [3.05, 3.63) is 182 Å². The van der Waals surface area contributed by atoms with Crippen LogP contribution in [-0.4, -0.2) is 20.2 Å². The molecule has 6 rings (SSSR count). The van der Waals surface area contributed by atoms with E-state index in [9.17, 15) is 0 Å². The van der Waals surface area contributed by atoms with E-state index in [-0.39, 0.29) is 0 Å². The van der Waals surface area contributed by atoms with Gasteiger partial charge >= 0.3 is 263 Å². The van der Waals surface area contributed by atoms with Gasteiger partial charge in [0.2, 0.25) is 0 Å². The second-order valence-electron chi connectivity index (χ2n) is 10.3. The summed E-state index contributed by atoms with van der Waals surface area (Å²) in [4.78, 5) is 0. The van der Waals surface area contributed by atoms with Crippen LogP contribution in [0.25, 0.3) is 0 Å². The molecular formula is C37H31O2P3Se. The summed E-state index contributed by atoms with van der Waals surface area (Å²) in [6, 6.07) is 59.3. The van der Waals surface area contributed by atoms with E-state index in [0.717, 1.165) is 10.6 Å². The van der Waals surface area contributed by atoms with Crippen molar-refractivity contribution in [2.45, 2.75) is 5.14 Å². The molecule has 0 bridgehead atoms. The number of benzene rings is 6. The second kappa shape index (κ2) is 12.8. The Morgan fingerprint density at radius 3 is 0.721 bits per heavy atom. The first-order valence-electron chi connectivity index (χ1n) is 14.1. The molecule has 0 spiro atoms. The van der Waals surface area contributed by atoms with Crippen molar-refractivity contribution in [3.63, 3.8) is 0 Å². The van der Waals surface area contributed by atoms with E-state index < -0.39 is 24.9 Å². The minimum absolute atomic E-state index is 0.699. The van der Waals surface area contributed by atoms with Crippen molar-refractivity contribution in [1.82, 2.24) is 0 Å². The van der Waals surface area contributed by atoms with Crippen LogP contribution in [0, 0.1) is 0 Å². The van der Waals surface area contributed by atoms with Gasteiger partial charge in [-0.05, 0) is 0 Å². The molecular weight excluding hydrogens is 648 g/mol. The van der Waals surface area contributed by atoms with Gasteiger partial charge in [0.25, 0.3) is 0 Å². The topological polar surface area (TPSA) is 34.1 Å². The first kappa shape index (κ1) is 29.8. The van der Waals surface area contributed by atoms with Gasteiger partial charge in [0, 0.05) is 0 Å². The Balaban J connectivity index is 1.86. The molecule has 0 amide bonds. The molecule has 0 unspecified atom stereocenters. The predicted molar refractivity (Wildman–Crippen MR) is 188 cm³/mol. The molecule has 43 heavy (non-hydrogen) atoms. The summed E-state index contributed by atoms with van der Waals surface area (Å²) in [6.07, 6.45) is 0. The van der Waals surface area contributed by atoms with Gasteiger partial charge in [-0.15, -0.1) is 0 Å². The van der Waals surface area contributed by atoms with Crippen molar-refractivity contribution >= 4 is 66.7 Å². The van der Waals surface area contributed by atoms with Gasteiger partial charge in [0.05, 0.1) is 0 Å². The zero-order valence-electron chi connectivity index (χ0n) is 23.5. The van der Waals surface area contributed by atoms with Crippen molar-refractivity contribution in [2.75, 3.05) is 0 Å². The minimum atomic E-state index is -3.68. The van der Waals surface area contributed by atoms with Crippen molar-refractivity contribution in [3.8, 4) is 0 Å². The van der Waals surface area contributed by atoms with Crippen LogP contribution in [-0.2, 0) is 9.13 Å². The molecule has 0 atom stereocenters. The Morgan fingerprint density at radius 2 is 0.512 bits per heavy atom. The van der Waals surface area contributed by atoms with Gasteiger partial charge in [-0.2, -0.15) is 0 Å². The Labute approximate surface area is 261 Å². The molecule has 0 aromatic heterocycles. The summed E-state index contributed by atoms with van der Waals surface area (Å²) in [7, 11) is -7.37. The third kappa shape index (κ3) is 5.36. The molecule has 212 valence electrons. The van der Waals surface area contributed by atoms with Gasteiger partial charge in [-0.3, -0.25) is 0 Å². The maximum atomic E-state index is 16.7. The molecule has 0 fully saturated rings. The Bertz CT molecular complexity index is 1570. The van der Waals surface area contributed by atoms with Gasteiger partial charge < -0.3 is 0 Å². The van der Waals surface area contributed by atoms with E-state index in [1.54, 1.807) is 0 Å². The first-order valence-corrected chi connectivity index (χ1v) is 21.8. The van der Waals surface area contributed by atoms with Crippen LogP contribution in [0.3, 0.4) is 0 Å². The van der Waals surface area contributed by atoms with Crippen molar-refractivity contribution in [1.29, 1.82) is 0 Å². The Kier molecular flexibility index (Phi) is 8.84. The molecule has 2 nitrogen and oxygen atoms in total. The van der Waals surface area contributed by atoms with Gasteiger partial charge in [-0.1, -0.05) is 0 Å². The summed E-state index contributed by atoms with van der Waals surface area (Å²) >= 11 is 3.68. The fourth-order valence-electron chi connectivity index (χ4n) is 5.83. The molecule has 0 N–H and O–H groups in total. The Morgan fingerprint density at radius 1 is 0.326 bits per heavy atom. The van der Waals surface area contributed by atoms with Crippen LogP contribution in [0.2, 0.25) is 0 Å². The summed E-state index contributed by atoms with van der Waals surface area (Å²) in [6.45, 7) is 0. The van der Waals surface area contributed by atoms with E-state index in [1.807, 2.05) is 158 Å². The van der Waals surface area contributed by atoms with Crippen LogP contribution in [0.4, 0.5) is 0 Å². The van der Waals surface area contributed by atoms with Gasteiger partial charge in [0.1, 0.15) is 0 Å². The molecule has 0 radical (unpaired) electrons. The summed E-state index contributed by atoms with van der Waals surface area (Å²) in [5.74, 6) is 0. The van der Waals surface area contributed by atoms with E-state index in [0.29, 0.717) is 21.2 Å². The maximum absolute atomic E-state index is 16.7. The number of rotatable bonds is 9. The molecule has 0 saturated heterocycles. The SMILES string of the molecule is O=P(c1ccccc1)(c1ccccc1)C(P(=O)(c1ccccc1)c1ccccc1)P(=[Se])(c1ccccc1)c1ccccc1. The van der Waals surface area contributed by atoms with Gasteiger partial charge in [-0.25, -0.2) is 0 Å². The third-order valence-corrected chi connectivity index (χ3v) is 28.2. The Hall–Kier alpha value is -3.27. The van der Waals surface area contributed by atoms with E-state index in [2.05, 4.69) is 39.4 Å². The molecule has 6 aromatic rings. The average Bonchev–Trinajstić information content (AvgIpc) is 3.10. The van der Waals surface area contributed by atoms with Crippen LogP contribution in [0.5, 0.6) is 0 Å². The second-order valence-corrected chi connectivity index (χ2v) is 23.8. The normalized spacial score (nSPS) is 12.2. The quantitative estimate of drug-likeness (QED) is 0.121. The average molecular weight is 680 g/mol.